The molecule has 0 radical (unpaired) electrons. The number of nitrogens with zero attached hydrogens (tertiary/aromatic N) is 2. The van der Waals surface area contributed by atoms with Gasteiger partial charge in [0.05, 0.1) is 17.6 Å². The maximum absolute atomic E-state index is 12.4. The first-order valence-corrected chi connectivity index (χ1v) is 7.74. The predicted molar refractivity (Wildman–Crippen MR) is 95.3 cm³/mol. The second-order valence-corrected chi connectivity index (χ2v) is 5.72. The molecule has 0 saturated carbocycles. The van der Waals surface area contributed by atoms with Crippen molar-refractivity contribution >= 4 is 17.5 Å². The van der Waals surface area contributed by atoms with Gasteiger partial charge in [-0.05, 0) is 23.8 Å². The van der Waals surface area contributed by atoms with Crippen LogP contribution in [0.25, 0.3) is 0 Å². The smallest absolute Gasteiger partial charge is 0.270 e. The highest BCUT2D eigenvalue weighted by atomic mass is 16.6. The molecular weight excluding hydrogens is 338 g/mol. The van der Waals surface area contributed by atoms with Gasteiger partial charge in [0.15, 0.2) is 0 Å². The highest BCUT2D eigenvalue weighted by Crippen LogP contribution is 2.24. The van der Waals surface area contributed by atoms with Crippen LogP contribution in [0.3, 0.4) is 0 Å². The van der Waals surface area contributed by atoms with Crippen LogP contribution in [-0.4, -0.2) is 42.8 Å². The summed E-state index contributed by atoms with van der Waals surface area (Å²) in [7, 11) is 4.70. The Balaban J connectivity index is 2.16. The molecule has 0 aliphatic rings. The molecule has 2 amide bonds. The maximum Gasteiger partial charge on any atom is 0.270 e. The molecule has 0 aliphatic carbocycles. The van der Waals surface area contributed by atoms with Crippen molar-refractivity contribution in [2.45, 2.75) is 6.54 Å². The van der Waals surface area contributed by atoms with Gasteiger partial charge in [-0.2, -0.15) is 0 Å². The molecule has 0 fully saturated rings. The SMILES string of the molecule is COc1ccc([N+](=O)[O-])cc1C(=O)NCc1cccc(C(=O)N(C)C)c1. The number of nitrogens with one attached hydrogen (secondary N) is 1. The number of hydrogen-bond donors (Lipinski definition) is 1. The summed E-state index contributed by atoms with van der Waals surface area (Å²) in [6, 6.07) is 10.7. The fourth-order valence-corrected chi connectivity index (χ4v) is 2.34. The monoisotopic (exact) mass is 357 g/mol. The van der Waals surface area contributed by atoms with Gasteiger partial charge in [0.2, 0.25) is 0 Å². The lowest BCUT2D eigenvalue weighted by atomic mass is 10.1. The highest BCUT2D eigenvalue weighted by Gasteiger charge is 2.17. The van der Waals surface area contributed by atoms with Crippen molar-refractivity contribution in [3.8, 4) is 5.75 Å². The number of rotatable bonds is 6. The van der Waals surface area contributed by atoms with Crippen molar-refractivity contribution in [3.63, 3.8) is 0 Å². The molecule has 0 spiro atoms. The first-order valence-electron chi connectivity index (χ1n) is 7.74. The maximum atomic E-state index is 12.4. The molecule has 136 valence electrons. The number of benzene rings is 2. The van der Waals surface area contributed by atoms with E-state index in [1.54, 1.807) is 38.4 Å². The summed E-state index contributed by atoms with van der Waals surface area (Å²) in [6.45, 7) is 0.166. The lowest BCUT2D eigenvalue weighted by Gasteiger charge is -2.12. The summed E-state index contributed by atoms with van der Waals surface area (Å²) in [5.74, 6) is -0.405. The quantitative estimate of drug-likeness (QED) is 0.631. The van der Waals surface area contributed by atoms with Crippen molar-refractivity contribution in [1.29, 1.82) is 0 Å². The third-order valence-corrected chi connectivity index (χ3v) is 3.67. The van der Waals surface area contributed by atoms with Crippen molar-refractivity contribution in [2.24, 2.45) is 0 Å². The highest BCUT2D eigenvalue weighted by molar-refractivity contribution is 5.97. The molecular formula is C18H19N3O5. The molecule has 0 atom stereocenters. The number of carbonyl (C=O) groups is 2. The molecule has 2 rings (SSSR count). The lowest BCUT2D eigenvalue weighted by Crippen LogP contribution is -2.24. The predicted octanol–water partition coefficient (Wildman–Crippen LogP) is 2.24. The fraction of sp³-hybridized carbons (Fsp3) is 0.222. The van der Waals surface area contributed by atoms with Crippen LogP contribution in [0.1, 0.15) is 26.3 Å². The van der Waals surface area contributed by atoms with E-state index in [1.807, 2.05) is 0 Å². The minimum atomic E-state index is -0.577. The summed E-state index contributed by atoms with van der Waals surface area (Å²) in [6.07, 6.45) is 0. The summed E-state index contributed by atoms with van der Waals surface area (Å²) in [5, 5.41) is 13.6. The Morgan fingerprint density at radius 2 is 1.92 bits per heavy atom. The number of nitro groups is 1. The Labute approximate surface area is 150 Å². The van der Waals surface area contributed by atoms with E-state index in [-0.39, 0.29) is 29.5 Å². The van der Waals surface area contributed by atoms with Crippen molar-refractivity contribution in [1.82, 2.24) is 10.2 Å². The Bertz CT molecular complexity index is 848. The topological polar surface area (TPSA) is 102 Å². The second kappa shape index (κ2) is 8.11. The second-order valence-electron chi connectivity index (χ2n) is 5.72. The zero-order chi connectivity index (χ0) is 19.3. The average molecular weight is 357 g/mol. The molecule has 0 bridgehead atoms. The normalized spacial score (nSPS) is 10.1. The molecule has 2 aromatic rings. The third kappa shape index (κ3) is 4.35. The summed E-state index contributed by atoms with van der Waals surface area (Å²) in [5.41, 5.74) is 1.11. The number of methoxy groups -OCH3 is 1. The van der Waals surface area contributed by atoms with Gasteiger partial charge in [0.1, 0.15) is 5.75 Å². The average Bonchev–Trinajstić information content (AvgIpc) is 2.64. The van der Waals surface area contributed by atoms with E-state index in [0.29, 0.717) is 5.56 Å². The van der Waals surface area contributed by atoms with Gasteiger partial charge in [-0.3, -0.25) is 19.7 Å². The largest absolute Gasteiger partial charge is 0.496 e. The third-order valence-electron chi connectivity index (χ3n) is 3.67. The van der Waals surface area contributed by atoms with E-state index >= 15 is 0 Å². The van der Waals surface area contributed by atoms with Gasteiger partial charge in [-0.15, -0.1) is 0 Å². The van der Waals surface area contributed by atoms with Crippen LogP contribution in [-0.2, 0) is 6.54 Å². The standard InChI is InChI=1S/C18H19N3O5/c1-20(2)18(23)13-6-4-5-12(9-13)11-19-17(22)15-10-14(21(24)25)7-8-16(15)26-3/h4-10H,11H2,1-3H3,(H,19,22). The molecule has 8 heteroatoms. The molecule has 26 heavy (non-hydrogen) atoms. The Morgan fingerprint density at radius 3 is 2.54 bits per heavy atom. The van der Waals surface area contributed by atoms with Gasteiger partial charge >= 0.3 is 0 Å². The van der Waals surface area contributed by atoms with Crippen LogP contribution in [0.15, 0.2) is 42.5 Å². The minimum Gasteiger partial charge on any atom is -0.496 e. The molecule has 0 heterocycles. The van der Waals surface area contributed by atoms with Crippen molar-refractivity contribution in [3.05, 3.63) is 69.3 Å². The number of ether oxygens (including phenoxy) is 1. The van der Waals surface area contributed by atoms with Gasteiger partial charge < -0.3 is 15.0 Å². The molecule has 8 nitrogen and oxygen atoms in total. The van der Waals surface area contributed by atoms with Crippen LogP contribution >= 0.6 is 0 Å². The van der Waals surface area contributed by atoms with Crippen molar-refractivity contribution in [2.75, 3.05) is 21.2 Å². The Hall–Kier alpha value is -3.42. The molecule has 1 N–H and O–H groups in total. The fourth-order valence-electron chi connectivity index (χ4n) is 2.34. The van der Waals surface area contributed by atoms with E-state index < -0.39 is 10.8 Å². The van der Waals surface area contributed by atoms with E-state index in [2.05, 4.69) is 5.32 Å². The molecule has 0 saturated heterocycles. The van der Waals surface area contributed by atoms with Gasteiger partial charge in [0.25, 0.3) is 17.5 Å². The molecule has 0 unspecified atom stereocenters. The number of carbonyl (C=O) groups excluding carboxylic acids is 2. The number of non-ortho nitro benzene ring substituents is 1. The van der Waals surface area contributed by atoms with Crippen LogP contribution in [0.2, 0.25) is 0 Å². The van der Waals surface area contributed by atoms with Crippen LogP contribution in [0.4, 0.5) is 5.69 Å². The zero-order valence-electron chi connectivity index (χ0n) is 14.7. The summed E-state index contributed by atoms with van der Waals surface area (Å²) in [4.78, 5) is 36.2. The number of hydrogen-bond acceptors (Lipinski definition) is 5. The first kappa shape index (κ1) is 18.9. The van der Waals surface area contributed by atoms with Crippen LogP contribution < -0.4 is 10.1 Å². The zero-order valence-corrected chi connectivity index (χ0v) is 14.7. The Morgan fingerprint density at radius 1 is 1.19 bits per heavy atom. The van der Waals surface area contributed by atoms with Crippen LogP contribution in [0.5, 0.6) is 5.75 Å². The van der Waals surface area contributed by atoms with Gasteiger partial charge in [-0.25, -0.2) is 0 Å². The molecule has 2 aromatic carbocycles. The number of amides is 2. The lowest BCUT2D eigenvalue weighted by molar-refractivity contribution is -0.384. The minimum absolute atomic E-state index is 0.0715. The van der Waals surface area contributed by atoms with E-state index in [1.165, 1.54) is 30.2 Å². The van der Waals surface area contributed by atoms with Gasteiger partial charge in [0, 0.05) is 38.3 Å². The molecule has 0 aromatic heterocycles. The van der Waals surface area contributed by atoms with Crippen molar-refractivity contribution < 1.29 is 19.2 Å². The molecule has 0 aliphatic heterocycles. The number of nitro benzene ring substituents is 1. The summed E-state index contributed by atoms with van der Waals surface area (Å²) >= 11 is 0. The first-order chi connectivity index (χ1) is 12.3. The van der Waals surface area contributed by atoms with E-state index in [4.69, 9.17) is 4.74 Å². The van der Waals surface area contributed by atoms with Gasteiger partial charge in [-0.1, -0.05) is 12.1 Å². The summed E-state index contributed by atoms with van der Waals surface area (Å²) < 4.78 is 5.10. The Kier molecular flexibility index (Phi) is 5.90. The van der Waals surface area contributed by atoms with E-state index in [9.17, 15) is 19.7 Å². The van der Waals surface area contributed by atoms with E-state index in [0.717, 1.165) is 5.56 Å². The van der Waals surface area contributed by atoms with Crippen LogP contribution in [0, 0.1) is 10.1 Å².